The van der Waals surface area contributed by atoms with Gasteiger partial charge in [0.15, 0.2) is 0 Å². The van der Waals surface area contributed by atoms with Crippen LogP contribution in [0.3, 0.4) is 0 Å². The van der Waals surface area contributed by atoms with Crippen molar-refractivity contribution in [2.75, 3.05) is 0 Å². The highest BCUT2D eigenvalue weighted by Crippen LogP contribution is 2.19. The molecule has 0 aliphatic rings. The molecule has 0 aliphatic heterocycles. The van der Waals surface area contributed by atoms with Crippen LogP contribution in [0, 0.1) is 17.1 Å². The van der Waals surface area contributed by atoms with Crippen molar-refractivity contribution in [2.24, 2.45) is 4.40 Å². The molecule has 0 aromatic heterocycles. The van der Waals surface area contributed by atoms with E-state index in [1.165, 1.54) is 12.1 Å². The maximum Gasteiger partial charge on any atom is 0.144 e. The van der Waals surface area contributed by atoms with E-state index in [-0.39, 0.29) is 5.56 Å². The first-order valence-corrected chi connectivity index (χ1v) is 6.53. The summed E-state index contributed by atoms with van der Waals surface area (Å²) in [7, 11) is 0. The van der Waals surface area contributed by atoms with Gasteiger partial charge in [-0.25, -0.2) is 4.39 Å². The van der Waals surface area contributed by atoms with Gasteiger partial charge in [0, 0.05) is 5.56 Å². The second kappa shape index (κ2) is 5.51. The molecule has 0 amide bonds. The summed E-state index contributed by atoms with van der Waals surface area (Å²) in [5, 5.41) is 8.76. The molecule has 0 radical (unpaired) electrons. The SMILES string of the molecule is C/C(=N\[S@+]([O-])C(C)(C)C)c1cc(F)cc(C#N)c1. The Labute approximate surface area is 110 Å². The van der Waals surface area contributed by atoms with Crippen LogP contribution in [0.25, 0.3) is 0 Å². The molecule has 1 aromatic rings. The lowest BCUT2D eigenvalue weighted by Gasteiger charge is -2.18. The van der Waals surface area contributed by atoms with Crippen LogP contribution in [-0.2, 0) is 11.4 Å². The second-order valence-electron chi connectivity index (χ2n) is 4.88. The molecule has 96 valence electrons. The van der Waals surface area contributed by atoms with E-state index in [0.29, 0.717) is 11.3 Å². The third-order valence-corrected chi connectivity index (χ3v) is 3.68. The van der Waals surface area contributed by atoms with Crippen LogP contribution in [-0.4, -0.2) is 15.0 Å². The molecule has 1 aromatic carbocycles. The van der Waals surface area contributed by atoms with Crippen LogP contribution in [0.2, 0.25) is 0 Å². The average Bonchev–Trinajstić information content (AvgIpc) is 2.26. The summed E-state index contributed by atoms with van der Waals surface area (Å²) in [6.45, 7) is 7.09. The summed E-state index contributed by atoms with van der Waals surface area (Å²) in [6, 6.07) is 5.83. The molecule has 0 heterocycles. The van der Waals surface area contributed by atoms with Gasteiger partial charge < -0.3 is 4.55 Å². The molecule has 1 atom stereocenters. The second-order valence-corrected chi connectivity index (χ2v) is 6.78. The third-order valence-electron chi connectivity index (χ3n) is 2.19. The van der Waals surface area contributed by atoms with E-state index in [0.717, 1.165) is 6.07 Å². The first-order chi connectivity index (χ1) is 8.24. The lowest BCUT2D eigenvalue weighted by Crippen LogP contribution is -2.26. The van der Waals surface area contributed by atoms with Gasteiger partial charge in [0.05, 0.1) is 17.3 Å². The van der Waals surface area contributed by atoms with E-state index in [9.17, 15) is 8.94 Å². The van der Waals surface area contributed by atoms with E-state index in [1.54, 1.807) is 6.92 Å². The number of benzene rings is 1. The lowest BCUT2D eigenvalue weighted by molar-refractivity contribution is 0.561. The highest BCUT2D eigenvalue weighted by Gasteiger charge is 2.26. The molecule has 5 heteroatoms. The fraction of sp³-hybridized carbons (Fsp3) is 0.385. The molecule has 1 rings (SSSR count). The van der Waals surface area contributed by atoms with Crippen LogP contribution < -0.4 is 0 Å². The van der Waals surface area contributed by atoms with Gasteiger partial charge in [0.2, 0.25) is 0 Å². The Morgan fingerprint density at radius 2 is 2.00 bits per heavy atom. The first kappa shape index (κ1) is 14.7. The molecule has 0 unspecified atom stereocenters. The maximum atomic E-state index is 13.3. The van der Waals surface area contributed by atoms with Gasteiger partial charge in [0.25, 0.3) is 0 Å². The minimum absolute atomic E-state index is 0.223. The minimum Gasteiger partial charge on any atom is -0.591 e. The van der Waals surface area contributed by atoms with Crippen molar-refractivity contribution in [3.63, 3.8) is 0 Å². The van der Waals surface area contributed by atoms with Gasteiger partial charge in [-0.05, 0) is 45.9 Å². The smallest absolute Gasteiger partial charge is 0.144 e. The monoisotopic (exact) mass is 266 g/mol. The molecule has 0 spiro atoms. The highest BCUT2D eigenvalue weighted by molar-refractivity contribution is 7.91. The quantitative estimate of drug-likeness (QED) is 0.610. The Morgan fingerprint density at radius 3 is 2.50 bits per heavy atom. The van der Waals surface area contributed by atoms with Crippen molar-refractivity contribution >= 4 is 17.1 Å². The summed E-state index contributed by atoms with van der Waals surface area (Å²) in [4.78, 5) is 0. The number of nitriles is 1. The molecular weight excluding hydrogens is 251 g/mol. The predicted molar refractivity (Wildman–Crippen MR) is 71.2 cm³/mol. The Kier molecular flexibility index (Phi) is 4.49. The summed E-state index contributed by atoms with van der Waals surface area (Å²) >= 11 is -1.40. The van der Waals surface area contributed by atoms with Crippen molar-refractivity contribution in [3.8, 4) is 6.07 Å². The van der Waals surface area contributed by atoms with E-state index >= 15 is 0 Å². The van der Waals surface area contributed by atoms with Crippen LogP contribution in [0.4, 0.5) is 4.39 Å². The normalized spacial score (nSPS) is 14.2. The van der Waals surface area contributed by atoms with Crippen LogP contribution in [0.1, 0.15) is 38.8 Å². The van der Waals surface area contributed by atoms with Crippen LogP contribution >= 0.6 is 0 Å². The summed E-state index contributed by atoms with van der Waals surface area (Å²) in [6.07, 6.45) is 0. The molecule has 0 saturated heterocycles. The topological polar surface area (TPSA) is 59.2 Å². The van der Waals surface area contributed by atoms with Crippen molar-refractivity contribution < 1.29 is 8.94 Å². The number of halogens is 1. The van der Waals surface area contributed by atoms with Crippen molar-refractivity contribution in [1.29, 1.82) is 5.26 Å². The van der Waals surface area contributed by atoms with E-state index in [1.807, 2.05) is 26.8 Å². The Hall–Kier alpha value is -1.38. The lowest BCUT2D eigenvalue weighted by atomic mass is 10.1. The molecule has 0 bridgehead atoms. The number of hydrogen-bond acceptors (Lipinski definition) is 3. The first-order valence-electron chi connectivity index (χ1n) is 5.42. The summed E-state index contributed by atoms with van der Waals surface area (Å²) < 4.78 is 28.7. The van der Waals surface area contributed by atoms with E-state index in [4.69, 9.17) is 5.26 Å². The molecule has 0 fully saturated rings. The third kappa shape index (κ3) is 3.83. The Bertz CT molecular complexity index is 515. The zero-order valence-corrected chi connectivity index (χ0v) is 11.6. The molecule has 0 aliphatic carbocycles. The highest BCUT2D eigenvalue weighted by atomic mass is 32.2. The van der Waals surface area contributed by atoms with Gasteiger partial charge in [0.1, 0.15) is 21.9 Å². The Balaban J connectivity index is 3.12. The van der Waals surface area contributed by atoms with Crippen molar-refractivity contribution in [1.82, 2.24) is 0 Å². The molecule has 0 saturated carbocycles. The number of rotatable bonds is 2. The largest absolute Gasteiger partial charge is 0.591 e. The fourth-order valence-electron chi connectivity index (χ4n) is 1.18. The zero-order chi connectivity index (χ0) is 13.9. The standard InChI is InChI=1S/C13H15FN2OS/c1-9(16-18(17)13(2,3)4)11-5-10(8-15)6-12(14)7-11/h5-7H,1-4H3/b16-9+/t18-/m1/s1. The number of hydrogen-bond donors (Lipinski definition) is 0. The maximum absolute atomic E-state index is 13.3. The van der Waals surface area contributed by atoms with E-state index in [2.05, 4.69) is 4.40 Å². The fourth-order valence-corrected chi connectivity index (χ4v) is 1.81. The molecule has 18 heavy (non-hydrogen) atoms. The van der Waals surface area contributed by atoms with Crippen molar-refractivity contribution in [2.45, 2.75) is 32.4 Å². The predicted octanol–water partition coefficient (Wildman–Crippen LogP) is 2.97. The van der Waals surface area contributed by atoms with Gasteiger partial charge in [-0.3, -0.25) is 0 Å². The van der Waals surface area contributed by atoms with Gasteiger partial charge in [-0.15, -0.1) is 0 Å². The minimum atomic E-state index is -1.40. The number of nitrogens with zero attached hydrogens (tertiary/aromatic N) is 2. The summed E-state index contributed by atoms with van der Waals surface area (Å²) in [5.41, 5.74) is 1.16. The van der Waals surface area contributed by atoms with Crippen LogP contribution in [0.5, 0.6) is 0 Å². The van der Waals surface area contributed by atoms with Gasteiger partial charge in [-0.1, -0.05) is 4.40 Å². The van der Waals surface area contributed by atoms with E-state index < -0.39 is 21.9 Å². The Morgan fingerprint density at radius 1 is 1.39 bits per heavy atom. The average molecular weight is 266 g/mol. The summed E-state index contributed by atoms with van der Waals surface area (Å²) in [5.74, 6) is -0.500. The van der Waals surface area contributed by atoms with Crippen molar-refractivity contribution in [3.05, 3.63) is 35.1 Å². The zero-order valence-electron chi connectivity index (χ0n) is 10.8. The van der Waals surface area contributed by atoms with Gasteiger partial charge >= 0.3 is 0 Å². The van der Waals surface area contributed by atoms with Gasteiger partial charge in [-0.2, -0.15) is 5.26 Å². The molecular formula is C13H15FN2OS. The molecule has 0 N–H and O–H groups in total. The van der Waals surface area contributed by atoms with Crippen LogP contribution in [0.15, 0.2) is 22.6 Å². The molecule has 3 nitrogen and oxygen atoms in total.